The summed E-state index contributed by atoms with van der Waals surface area (Å²) in [4.78, 5) is 226. The van der Waals surface area contributed by atoms with Gasteiger partial charge in [-0.2, -0.15) is 9.97 Å². The van der Waals surface area contributed by atoms with Gasteiger partial charge in [0, 0.05) is 126 Å². The fraction of sp³-hybridized carbons (Fsp3) is 0.500. The highest BCUT2D eigenvalue weighted by molar-refractivity contribution is 8.76. The third kappa shape index (κ3) is 21.5. The zero-order valence-corrected chi connectivity index (χ0v) is 75.8. The summed E-state index contributed by atoms with van der Waals surface area (Å²) in [5.41, 5.74) is 11.4. The van der Waals surface area contributed by atoms with Gasteiger partial charge in [0.2, 0.25) is 35.5 Å². The highest BCUT2D eigenvalue weighted by Gasteiger charge is 2.79. The lowest BCUT2D eigenvalue weighted by atomic mass is 9.47. The fourth-order valence-corrected chi connectivity index (χ4v) is 21.9. The standard InChI is InChI=1S/C86H109N21O26S2/c1-6-82(129)35-42-36-85(78(127)132-5,64-47(21-26-106(39-42)41-82)46-12-8-9-13-50(46)95-64)49-30-48-57(34-58(49)131-4)105(3)75-84(48)23-27-107-25-11-22-83(7-2,74(84)107)76(125)86(75,130)77(126)103-104-81(128)133-28-29-134-135-40-56(73(123)124)100-70(119)55(33-62(113)114)99-69(118)54(32-61(111)112)98-67(116)51(14-10-24-90-79(87)88)96-68(117)53(31-60(109)110)94-59(108)20-19-52(72(121)122)97-66(115)43-15-17-44(18-16-43)91-37-45-38-92-65-63(93-45)71(120)102-80(89)101-65/h8-9,11-13,15-18,22,30,34,38,42,51-56,74-76,91,95,125,129-130H,6-7,10,14,19-21,23-29,31-33,35-37,39-41H2,1-5H3,(H,94,108)(H,96,117)(H,97,115)(H,98,116)(H,99,118)(H,100,119)(H,103,126)(H,104,128)(H,109,110)(H,111,112)(H,113,114)(H,121,122)(H,123,124)(H4,87,88,90)(H3,89,92,101,102,120). The number of esters is 1. The van der Waals surface area contributed by atoms with Crippen molar-refractivity contribution < 1.29 is 122 Å². The molecular formula is C86H109N21O26S2. The SMILES string of the molecule is CCC1(O)CC2CN(CCc3c([nH]c4ccccc34)C(C(=O)OC)(c3cc4c(cc3OC)N(C)C3C(O)(C(=O)NNC(=O)OCCSSCC(NC(=O)C(CC(=O)O)NC(=O)C(CC(=O)O)NC(=O)C(CCCNC(=N)N)NC(=O)C(CC(=O)O)NC(=O)CCC(NC(=O)c5ccc(NCc6c[nH]c7nc(N)nc(=O)c-7n6)cc5)C(=O)O)C(=O)O)C(O)C5(CC)C=CCN6CCC43C65)C2)C1. The van der Waals surface area contributed by atoms with Crippen LogP contribution in [0.4, 0.5) is 22.1 Å². The Morgan fingerprint density at radius 1 is 0.733 bits per heavy atom. The molecule has 8 amide bonds. The summed E-state index contributed by atoms with van der Waals surface area (Å²) in [7, 11) is 6.24. The van der Waals surface area contributed by atoms with E-state index in [-0.39, 0.29) is 72.8 Å². The van der Waals surface area contributed by atoms with Gasteiger partial charge in [0.1, 0.15) is 60.1 Å². The van der Waals surface area contributed by atoms with Gasteiger partial charge in [-0.3, -0.25) is 78.2 Å². The molecule has 3 aromatic carbocycles. The quantitative estimate of drug-likeness (QED) is 0.00392. The second-order valence-electron chi connectivity index (χ2n) is 34.2. The first kappa shape index (κ1) is 100. The predicted molar refractivity (Wildman–Crippen MR) is 483 cm³/mol. The Labute approximate surface area is 777 Å². The van der Waals surface area contributed by atoms with Crippen molar-refractivity contribution in [3.05, 3.63) is 123 Å². The number of aromatic amines is 2. The van der Waals surface area contributed by atoms with Crippen molar-refractivity contribution in [2.75, 3.05) is 94.6 Å². The number of para-hydroxylation sites is 1. The molecule has 7 aliphatic heterocycles. The number of amides is 8. The van der Waals surface area contributed by atoms with Crippen LogP contribution in [0.3, 0.4) is 0 Å². The largest absolute Gasteiger partial charge is 0.496 e. The maximum atomic E-state index is 15.7. The maximum absolute atomic E-state index is 15.7. The van der Waals surface area contributed by atoms with Crippen LogP contribution in [-0.4, -0.2) is 309 Å². The zero-order valence-electron chi connectivity index (χ0n) is 74.1. The van der Waals surface area contributed by atoms with Gasteiger partial charge in [0.05, 0.1) is 57.4 Å². The van der Waals surface area contributed by atoms with Gasteiger partial charge in [-0.15, -0.1) is 0 Å². The molecule has 12 rings (SSSR count). The number of H-pyrrole nitrogens is 2. The van der Waals surface area contributed by atoms with E-state index < -0.39 is 228 Å². The fourth-order valence-electron chi connectivity index (χ4n) is 19.9. The van der Waals surface area contributed by atoms with E-state index in [0.717, 1.165) is 38.1 Å². The molecule has 1 saturated carbocycles. The Kier molecular flexibility index (Phi) is 31.6. The average molecular weight is 1920 g/mol. The first-order valence-electron chi connectivity index (χ1n) is 43.4. The summed E-state index contributed by atoms with van der Waals surface area (Å²) in [6.07, 6.45) is -1.56. The number of piperidine rings is 1. The first-order chi connectivity index (χ1) is 64.2. The van der Waals surface area contributed by atoms with Crippen LogP contribution in [0.2, 0.25) is 0 Å². The Morgan fingerprint density at radius 2 is 1.39 bits per heavy atom. The zero-order chi connectivity index (χ0) is 97.9. The van der Waals surface area contributed by atoms with E-state index in [2.05, 4.69) is 82.8 Å². The summed E-state index contributed by atoms with van der Waals surface area (Å²) in [5, 5.41) is 116. The number of nitrogens with two attached hydrogens (primary N) is 2. The second-order valence-corrected chi connectivity index (χ2v) is 36.9. The Morgan fingerprint density at radius 3 is 2.02 bits per heavy atom. The normalized spacial score (nSPS) is 23.7. The smallest absolute Gasteiger partial charge is 0.426 e. The highest BCUT2D eigenvalue weighted by Crippen LogP contribution is 2.68. The number of guanidine groups is 1. The molecule has 8 heterocycles. The molecule has 25 N–H and O–H groups in total. The van der Waals surface area contributed by atoms with Gasteiger partial charge < -0.3 is 124 Å². The lowest BCUT2D eigenvalue weighted by Crippen LogP contribution is -2.82. The third-order valence-electron chi connectivity index (χ3n) is 25.9. The molecule has 16 atom stereocenters. The number of carbonyl (C=O) groups is 14. The topological polar surface area (TPSA) is 722 Å². The third-order valence-corrected chi connectivity index (χ3v) is 28.2. The molecule has 1 aromatic heterocycles. The molecule has 4 aromatic rings. The Bertz CT molecular complexity index is 5630. The number of carboxylic acid groups (broad SMARTS) is 5. The van der Waals surface area contributed by atoms with E-state index in [4.69, 9.17) is 31.1 Å². The summed E-state index contributed by atoms with van der Waals surface area (Å²) in [6.45, 7) is 5.80. The van der Waals surface area contributed by atoms with E-state index in [1.165, 1.54) is 44.7 Å². The Balaban J connectivity index is 0.657. The number of likely N-dealkylation sites (N-methyl/N-ethyl adjacent to an activating group) is 1. The van der Waals surface area contributed by atoms with Crippen molar-refractivity contribution in [2.45, 2.75) is 180 Å². The molecule has 726 valence electrons. The summed E-state index contributed by atoms with van der Waals surface area (Å²) < 4.78 is 17.8. The van der Waals surface area contributed by atoms with Gasteiger partial charge in [-0.1, -0.05) is 65.8 Å². The number of methoxy groups -OCH3 is 2. The number of aliphatic hydroxyl groups excluding tert-OH is 1. The molecule has 2 bridgehead atoms. The molecule has 1 spiro atoms. The number of fused-ring (bicyclic) bond motifs is 7. The van der Waals surface area contributed by atoms with E-state index in [9.17, 15) is 103 Å². The van der Waals surface area contributed by atoms with Crippen molar-refractivity contribution >= 4 is 139 Å². The number of nitrogens with one attached hydrogen (secondary N) is 13. The van der Waals surface area contributed by atoms with Crippen molar-refractivity contribution in [3.63, 3.8) is 0 Å². The lowest BCUT2D eigenvalue weighted by molar-refractivity contribution is -0.204. The Hall–Kier alpha value is -13.5. The summed E-state index contributed by atoms with van der Waals surface area (Å²) >= 11 is 0. The molecule has 49 heteroatoms. The van der Waals surface area contributed by atoms with Crippen LogP contribution >= 0.6 is 21.6 Å². The molecular weight excluding hydrogens is 1810 g/mol. The van der Waals surface area contributed by atoms with E-state index in [1.54, 1.807) is 18.0 Å². The van der Waals surface area contributed by atoms with Crippen LogP contribution in [0, 0.1) is 16.7 Å². The molecule has 8 aliphatic rings. The first-order valence-corrected chi connectivity index (χ1v) is 45.9. The van der Waals surface area contributed by atoms with Crippen molar-refractivity contribution in [1.29, 1.82) is 5.41 Å². The van der Waals surface area contributed by atoms with Crippen LogP contribution in [0.5, 0.6) is 5.75 Å². The van der Waals surface area contributed by atoms with Gasteiger partial charge in [0.15, 0.2) is 23.1 Å². The number of hydrazine groups is 1. The minimum Gasteiger partial charge on any atom is -0.496 e. The second kappa shape index (κ2) is 42.4. The number of rotatable bonds is 41. The number of aliphatic hydroxyl groups is 3. The van der Waals surface area contributed by atoms with Crippen molar-refractivity contribution in [3.8, 4) is 17.3 Å². The predicted octanol–water partition coefficient (Wildman–Crippen LogP) is -1.58. The minimum atomic E-state index is -2.76. The number of carboxylic acids is 5. The minimum absolute atomic E-state index is 0.0307. The average Bonchev–Trinajstić information content (AvgIpc) is 1.48. The number of nitrogens with zero attached hydrogens (tertiary/aromatic N) is 6. The lowest BCUT2D eigenvalue weighted by Gasteiger charge is -2.63. The van der Waals surface area contributed by atoms with Crippen LogP contribution in [0.1, 0.15) is 129 Å². The van der Waals surface area contributed by atoms with E-state index in [0.29, 0.717) is 92.3 Å². The molecule has 16 unspecified atom stereocenters. The van der Waals surface area contributed by atoms with Gasteiger partial charge in [-0.05, 0) is 118 Å². The summed E-state index contributed by atoms with van der Waals surface area (Å²) in [5.74, 6) is -19.3. The number of aliphatic carboxylic acids is 5. The van der Waals surface area contributed by atoms with Crippen LogP contribution in [-0.2, 0) is 90.8 Å². The number of carbonyl (C=O) groups excluding carboxylic acids is 9. The monoisotopic (exact) mass is 1920 g/mol. The molecule has 0 radical (unpaired) electrons. The van der Waals surface area contributed by atoms with Crippen LogP contribution < -0.4 is 80.0 Å². The van der Waals surface area contributed by atoms with Crippen LogP contribution in [0.15, 0.2) is 83.8 Å². The van der Waals surface area contributed by atoms with Gasteiger partial charge in [0.25, 0.3) is 11.8 Å². The number of hydrogen-bond donors (Lipinski definition) is 23. The number of ether oxygens (including phenoxy) is 3. The number of anilines is 3. The molecule has 47 nitrogen and oxygen atoms in total. The molecule has 3 fully saturated rings. The summed E-state index contributed by atoms with van der Waals surface area (Å²) in [6, 6.07) is 3.38. The number of nitrogen functional groups attached to an aromatic ring is 1. The van der Waals surface area contributed by atoms with E-state index >= 15 is 9.59 Å². The molecule has 1 aliphatic carbocycles. The number of aromatic nitrogens is 5. The van der Waals surface area contributed by atoms with Crippen LogP contribution in [0.25, 0.3) is 22.4 Å². The van der Waals surface area contributed by atoms with Crippen molar-refractivity contribution in [2.24, 2.45) is 17.1 Å². The number of benzene rings is 3. The van der Waals surface area contributed by atoms with Crippen molar-refractivity contribution in [1.82, 2.24) is 82.8 Å². The van der Waals surface area contributed by atoms with E-state index in [1.807, 2.05) is 61.6 Å². The maximum Gasteiger partial charge on any atom is 0.426 e. The molecule has 135 heavy (non-hydrogen) atoms. The molecule has 2 saturated heterocycles. The van der Waals surface area contributed by atoms with Gasteiger partial charge >= 0.3 is 47.5 Å². The number of hydrogen-bond acceptors (Lipinski definition) is 32. The van der Waals surface area contributed by atoms with Gasteiger partial charge in [-0.25, -0.2) is 24.8 Å². The highest BCUT2D eigenvalue weighted by atomic mass is 33.1.